The minimum absolute atomic E-state index is 0.0384. The molecule has 1 N–H and O–H groups in total. The molecule has 3 rings (SSSR count). The normalized spacial score (nSPS) is 14.7. The van der Waals surface area contributed by atoms with Gasteiger partial charge < -0.3 is 5.11 Å². The minimum atomic E-state index is -1.39. The number of benzene rings is 2. The maximum Gasteiger partial charge on any atom is 0.327 e. The average Bonchev–Trinajstić information content (AvgIpc) is 2.78. The molecule has 0 radical (unpaired) electrons. The number of carboxylic acids is 1. The summed E-state index contributed by atoms with van der Waals surface area (Å²) < 4.78 is 13.8. The van der Waals surface area contributed by atoms with Crippen molar-refractivity contribution in [3.8, 4) is 0 Å². The summed E-state index contributed by atoms with van der Waals surface area (Å²) in [5, 5.41) is 9.44. The van der Waals surface area contributed by atoms with Crippen LogP contribution in [0.25, 0.3) is 0 Å². The van der Waals surface area contributed by atoms with E-state index in [1.54, 1.807) is 30.3 Å². The van der Waals surface area contributed by atoms with Crippen LogP contribution in [0.5, 0.6) is 0 Å². The molecule has 1 aliphatic heterocycles. The molecule has 5 nitrogen and oxygen atoms in total. The molecule has 0 spiro atoms. The topological polar surface area (TPSA) is 74.7 Å². The summed E-state index contributed by atoms with van der Waals surface area (Å²) in [6.07, 6.45) is -0.0384. The smallest absolute Gasteiger partial charge is 0.327 e. The molecular formula is C17H12FNO4. The quantitative estimate of drug-likeness (QED) is 0.877. The van der Waals surface area contributed by atoms with Crippen molar-refractivity contribution in [2.24, 2.45) is 0 Å². The maximum absolute atomic E-state index is 13.8. The van der Waals surface area contributed by atoms with E-state index < -0.39 is 29.6 Å². The summed E-state index contributed by atoms with van der Waals surface area (Å²) in [5.41, 5.74) is 0.197. The van der Waals surface area contributed by atoms with Gasteiger partial charge in [-0.3, -0.25) is 14.5 Å². The molecule has 6 heteroatoms. The van der Waals surface area contributed by atoms with E-state index in [-0.39, 0.29) is 17.5 Å². The summed E-state index contributed by atoms with van der Waals surface area (Å²) in [7, 11) is 0. The van der Waals surface area contributed by atoms with Crippen LogP contribution >= 0.6 is 0 Å². The minimum Gasteiger partial charge on any atom is -0.480 e. The highest BCUT2D eigenvalue weighted by molar-refractivity contribution is 6.22. The first-order chi connectivity index (χ1) is 11.0. The number of hydrogen-bond donors (Lipinski definition) is 1. The Bertz CT molecular complexity index is 803. The molecule has 0 saturated carbocycles. The van der Waals surface area contributed by atoms with Crippen molar-refractivity contribution in [3.05, 3.63) is 71.0 Å². The van der Waals surface area contributed by atoms with Crippen LogP contribution in [0.1, 0.15) is 26.3 Å². The number of carbonyl (C=O) groups is 3. The van der Waals surface area contributed by atoms with Gasteiger partial charge in [0.2, 0.25) is 0 Å². The highest BCUT2D eigenvalue weighted by Gasteiger charge is 2.44. The number of imide groups is 1. The fourth-order valence-electron chi connectivity index (χ4n) is 2.67. The fraction of sp³-hybridized carbons (Fsp3) is 0.118. The van der Waals surface area contributed by atoms with Crippen molar-refractivity contribution in [1.82, 2.24) is 4.90 Å². The molecule has 0 bridgehead atoms. The molecule has 2 aromatic rings. The zero-order chi connectivity index (χ0) is 16.6. The monoisotopic (exact) mass is 313 g/mol. The van der Waals surface area contributed by atoms with Crippen LogP contribution < -0.4 is 0 Å². The number of hydrogen-bond acceptors (Lipinski definition) is 3. The molecule has 0 aromatic heterocycles. The predicted molar refractivity (Wildman–Crippen MR) is 78.5 cm³/mol. The number of amides is 2. The van der Waals surface area contributed by atoms with E-state index in [0.717, 1.165) is 6.07 Å². The molecule has 0 fully saturated rings. The Hall–Kier alpha value is -3.02. The maximum atomic E-state index is 13.8. The second-order valence-electron chi connectivity index (χ2n) is 5.19. The van der Waals surface area contributed by atoms with Crippen LogP contribution in [0.4, 0.5) is 4.39 Å². The van der Waals surface area contributed by atoms with E-state index in [0.29, 0.717) is 10.5 Å². The third kappa shape index (κ3) is 2.48. The van der Waals surface area contributed by atoms with Crippen molar-refractivity contribution < 1.29 is 23.9 Å². The van der Waals surface area contributed by atoms with Crippen molar-refractivity contribution >= 4 is 17.8 Å². The summed E-state index contributed by atoms with van der Waals surface area (Å²) in [5.74, 6) is -3.84. The summed E-state index contributed by atoms with van der Waals surface area (Å²) >= 11 is 0. The van der Waals surface area contributed by atoms with Crippen LogP contribution in [0.3, 0.4) is 0 Å². The number of nitrogens with zero attached hydrogens (tertiary/aromatic N) is 1. The van der Waals surface area contributed by atoms with Gasteiger partial charge in [0.25, 0.3) is 11.8 Å². The molecular weight excluding hydrogens is 301 g/mol. The van der Waals surface area contributed by atoms with Crippen molar-refractivity contribution in [2.75, 3.05) is 0 Å². The first-order valence-corrected chi connectivity index (χ1v) is 6.94. The first-order valence-electron chi connectivity index (χ1n) is 6.94. The van der Waals surface area contributed by atoms with Gasteiger partial charge >= 0.3 is 5.97 Å². The first kappa shape index (κ1) is 14.9. The van der Waals surface area contributed by atoms with Gasteiger partial charge in [0.15, 0.2) is 0 Å². The third-order valence-corrected chi connectivity index (χ3v) is 3.76. The van der Waals surface area contributed by atoms with Crippen molar-refractivity contribution in [1.29, 1.82) is 0 Å². The van der Waals surface area contributed by atoms with E-state index >= 15 is 0 Å². The van der Waals surface area contributed by atoms with Gasteiger partial charge in [0, 0.05) is 6.42 Å². The summed E-state index contributed by atoms with van der Waals surface area (Å²) in [6.45, 7) is 0. The average molecular weight is 313 g/mol. The van der Waals surface area contributed by atoms with Gasteiger partial charge in [-0.1, -0.05) is 36.4 Å². The van der Waals surface area contributed by atoms with E-state index in [9.17, 15) is 23.9 Å². The molecule has 0 saturated heterocycles. The molecule has 0 aliphatic carbocycles. The van der Waals surface area contributed by atoms with E-state index in [1.165, 1.54) is 12.1 Å². The summed E-state index contributed by atoms with van der Waals surface area (Å²) in [6, 6.07) is 11.0. The van der Waals surface area contributed by atoms with Gasteiger partial charge in [-0.15, -0.1) is 0 Å². The lowest BCUT2D eigenvalue weighted by atomic mass is 10.0. The number of carboxylic acid groups (broad SMARTS) is 1. The Morgan fingerprint density at radius 1 is 1.04 bits per heavy atom. The molecule has 1 atom stereocenters. The van der Waals surface area contributed by atoms with Gasteiger partial charge in [0.05, 0.1) is 11.1 Å². The Balaban J connectivity index is 1.99. The third-order valence-electron chi connectivity index (χ3n) is 3.76. The Labute approximate surface area is 131 Å². The lowest BCUT2D eigenvalue weighted by molar-refractivity contribution is -0.141. The van der Waals surface area contributed by atoms with Crippen LogP contribution in [-0.2, 0) is 11.2 Å². The van der Waals surface area contributed by atoms with Crippen LogP contribution in [0, 0.1) is 5.82 Å². The Morgan fingerprint density at radius 2 is 1.74 bits per heavy atom. The SMILES string of the molecule is O=C(O)[C@H](Cc1ccccc1)N1C(=O)c2cccc(F)c2C1=O. The number of aliphatic carboxylic acids is 1. The van der Waals surface area contributed by atoms with E-state index in [4.69, 9.17) is 0 Å². The molecule has 2 amide bonds. The standard InChI is InChI=1S/C17H12FNO4/c18-12-8-4-7-11-14(12)16(21)19(15(11)20)13(17(22)23)9-10-5-2-1-3-6-10/h1-8,13H,9H2,(H,22,23)/t13-/m0/s1. The zero-order valence-electron chi connectivity index (χ0n) is 11.9. The molecule has 1 aliphatic rings. The lowest BCUT2D eigenvalue weighted by Gasteiger charge is -2.22. The number of rotatable bonds is 4. The fourth-order valence-corrected chi connectivity index (χ4v) is 2.67. The Kier molecular flexibility index (Phi) is 3.65. The predicted octanol–water partition coefficient (Wildman–Crippen LogP) is 2.12. The van der Waals surface area contributed by atoms with Crippen molar-refractivity contribution in [2.45, 2.75) is 12.5 Å². The van der Waals surface area contributed by atoms with Crippen LogP contribution in [0.2, 0.25) is 0 Å². The summed E-state index contributed by atoms with van der Waals surface area (Å²) in [4.78, 5) is 36.9. The van der Waals surface area contributed by atoms with E-state index in [2.05, 4.69) is 0 Å². The lowest BCUT2D eigenvalue weighted by Crippen LogP contribution is -2.46. The highest BCUT2D eigenvalue weighted by Crippen LogP contribution is 2.28. The Morgan fingerprint density at radius 3 is 2.35 bits per heavy atom. The van der Waals surface area contributed by atoms with Crippen LogP contribution in [0.15, 0.2) is 48.5 Å². The number of carbonyl (C=O) groups excluding carboxylic acids is 2. The number of halogens is 1. The highest BCUT2D eigenvalue weighted by atomic mass is 19.1. The largest absolute Gasteiger partial charge is 0.480 e. The van der Waals surface area contributed by atoms with Gasteiger partial charge in [-0.05, 0) is 17.7 Å². The van der Waals surface area contributed by atoms with Gasteiger partial charge in [-0.25, -0.2) is 9.18 Å². The number of fused-ring (bicyclic) bond motifs is 1. The molecule has 1 heterocycles. The second-order valence-corrected chi connectivity index (χ2v) is 5.19. The molecule has 23 heavy (non-hydrogen) atoms. The van der Waals surface area contributed by atoms with Crippen molar-refractivity contribution in [3.63, 3.8) is 0 Å². The van der Waals surface area contributed by atoms with Gasteiger partial charge in [-0.2, -0.15) is 0 Å². The molecule has 2 aromatic carbocycles. The molecule has 116 valence electrons. The van der Waals surface area contributed by atoms with Crippen LogP contribution in [-0.4, -0.2) is 33.8 Å². The second kappa shape index (κ2) is 5.64. The molecule has 0 unspecified atom stereocenters. The zero-order valence-corrected chi connectivity index (χ0v) is 11.9. The van der Waals surface area contributed by atoms with E-state index in [1.807, 2.05) is 0 Å². The van der Waals surface area contributed by atoms with Gasteiger partial charge in [0.1, 0.15) is 11.9 Å².